The van der Waals surface area contributed by atoms with Gasteiger partial charge in [-0.1, -0.05) is 6.92 Å². The van der Waals surface area contributed by atoms with Gasteiger partial charge in [0.05, 0.1) is 0 Å². The molecule has 0 radical (unpaired) electrons. The van der Waals surface area contributed by atoms with Crippen LogP contribution in [0.25, 0.3) is 0 Å². The number of hydrogen-bond donors (Lipinski definition) is 1. The first-order chi connectivity index (χ1) is 10.9. The Bertz CT molecular complexity index is 596. The fraction of sp³-hybridized carbons (Fsp3) is 0.625. The zero-order valence-electron chi connectivity index (χ0n) is 13.0. The Hall–Kier alpha value is -1.63. The second-order valence-corrected chi connectivity index (χ2v) is 6.37. The maximum atomic E-state index is 12.9. The van der Waals surface area contributed by atoms with Gasteiger partial charge in [0, 0.05) is 29.8 Å². The van der Waals surface area contributed by atoms with Crippen molar-refractivity contribution < 1.29 is 18.0 Å². The molecule has 3 heterocycles. The number of carbonyl (C=O) groups is 1. The lowest BCUT2D eigenvalue weighted by Crippen LogP contribution is -2.46. The first kappa shape index (κ1) is 16.2. The molecule has 1 unspecified atom stereocenters. The van der Waals surface area contributed by atoms with Crippen molar-refractivity contribution in [1.82, 2.24) is 10.3 Å². The molecule has 0 aromatic carbocycles. The monoisotopic (exact) mass is 327 g/mol. The Labute approximate surface area is 133 Å². The van der Waals surface area contributed by atoms with E-state index in [2.05, 4.69) is 10.3 Å². The van der Waals surface area contributed by atoms with E-state index in [-0.39, 0.29) is 17.4 Å². The van der Waals surface area contributed by atoms with E-state index in [1.54, 1.807) is 4.90 Å². The molecule has 0 saturated carbocycles. The summed E-state index contributed by atoms with van der Waals surface area (Å²) in [5.41, 5.74) is -0.776. The molecule has 1 aromatic rings. The van der Waals surface area contributed by atoms with Crippen LogP contribution in [0.15, 0.2) is 18.3 Å². The summed E-state index contributed by atoms with van der Waals surface area (Å²) in [4.78, 5) is 17.5. The third-order valence-electron chi connectivity index (χ3n) is 5.09. The first-order valence-electron chi connectivity index (χ1n) is 7.93. The summed E-state index contributed by atoms with van der Waals surface area (Å²) in [5, 5.41) is 3.29. The summed E-state index contributed by atoms with van der Waals surface area (Å²) in [7, 11) is 0. The van der Waals surface area contributed by atoms with Gasteiger partial charge in [-0.3, -0.25) is 9.78 Å². The average molecular weight is 327 g/mol. The molecule has 1 aromatic heterocycles. The van der Waals surface area contributed by atoms with Crippen LogP contribution >= 0.6 is 0 Å². The second-order valence-electron chi connectivity index (χ2n) is 6.37. The summed E-state index contributed by atoms with van der Waals surface area (Å²) in [6.07, 6.45) is -0.472. The lowest BCUT2D eigenvalue weighted by molar-refractivity contribution is -0.141. The van der Waals surface area contributed by atoms with Gasteiger partial charge in [-0.2, -0.15) is 13.2 Å². The highest BCUT2D eigenvalue weighted by atomic mass is 19.4. The van der Waals surface area contributed by atoms with Crippen molar-refractivity contribution in [3.63, 3.8) is 0 Å². The van der Waals surface area contributed by atoms with Crippen molar-refractivity contribution in [3.8, 4) is 0 Å². The molecular weight excluding hydrogens is 307 g/mol. The highest BCUT2D eigenvalue weighted by Gasteiger charge is 2.51. The first-order valence-corrected chi connectivity index (χ1v) is 7.93. The number of alkyl halides is 3. The minimum Gasteiger partial charge on any atom is -0.317 e. The van der Waals surface area contributed by atoms with Gasteiger partial charge in [0.2, 0.25) is 5.91 Å². The number of nitrogens with one attached hydrogen (secondary N) is 1. The molecule has 23 heavy (non-hydrogen) atoms. The van der Waals surface area contributed by atoms with Crippen molar-refractivity contribution in [3.05, 3.63) is 24.0 Å². The molecule has 1 amide bonds. The fourth-order valence-corrected chi connectivity index (χ4v) is 4.05. The summed E-state index contributed by atoms with van der Waals surface area (Å²) in [5.74, 6) is -0.0851. The van der Waals surface area contributed by atoms with Gasteiger partial charge in [-0.05, 0) is 44.5 Å². The summed E-state index contributed by atoms with van der Waals surface area (Å²) in [6, 6.07) is 2.43. The van der Waals surface area contributed by atoms with Crippen molar-refractivity contribution in [1.29, 1.82) is 0 Å². The topological polar surface area (TPSA) is 45.2 Å². The summed E-state index contributed by atoms with van der Waals surface area (Å²) in [6.45, 7) is 3.69. The molecular formula is C16H20F3N3O. The van der Waals surface area contributed by atoms with Crippen LogP contribution in [0.1, 0.15) is 38.3 Å². The molecule has 2 saturated heterocycles. The van der Waals surface area contributed by atoms with Crippen molar-refractivity contribution in [2.45, 2.75) is 44.8 Å². The van der Waals surface area contributed by atoms with Gasteiger partial charge < -0.3 is 10.2 Å². The zero-order valence-corrected chi connectivity index (χ0v) is 13.0. The Morgan fingerprint density at radius 2 is 2.09 bits per heavy atom. The molecule has 1 atom stereocenters. The van der Waals surface area contributed by atoms with Crippen LogP contribution in [0, 0.1) is 5.41 Å². The number of piperidine rings is 1. The predicted molar refractivity (Wildman–Crippen MR) is 80.0 cm³/mol. The minimum absolute atomic E-state index is 0.0550. The summed E-state index contributed by atoms with van der Waals surface area (Å²) < 4.78 is 38.7. The van der Waals surface area contributed by atoms with Crippen LogP contribution in [-0.2, 0) is 11.0 Å². The number of nitrogens with zero attached hydrogens (tertiary/aromatic N) is 2. The zero-order chi connectivity index (χ0) is 16.7. The highest BCUT2D eigenvalue weighted by Crippen LogP contribution is 2.48. The van der Waals surface area contributed by atoms with Crippen LogP contribution < -0.4 is 10.2 Å². The molecule has 7 heteroatoms. The molecule has 4 nitrogen and oxygen atoms in total. The molecule has 2 aliphatic rings. The number of amides is 1. The number of halogens is 3. The number of anilines is 1. The van der Waals surface area contributed by atoms with Gasteiger partial charge in [-0.25, -0.2) is 0 Å². The van der Waals surface area contributed by atoms with E-state index in [9.17, 15) is 18.0 Å². The highest BCUT2D eigenvalue weighted by molar-refractivity contribution is 5.97. The quantitative estimate of drug-likeness (QED) is 0.908. The second kappa shape index (κ2) is 5.78. The lowest BCUT2D eigenvalue weighted by atomic mass is 9.72. The standard InChI is InChI=1S/C16H20F3N3O/c1-2-13-15(4-7-20-8-5-15)10-14(23)22(13)11-3-6-21-12(9-11)16(17,18)19/h3,6,9,13,20H,2,4-5,7-8,10H2,1H3. The largest absolute Gasteiger partial charge is 0.433 e. The average Bonchev–Trinajstić information content (AvgIpc) is 2.78. The predicted octanol–water partition coefficient (Wildman–Crippen LogP) is 2.99. The Balaban J connectivity index is 1.97. The Morgan fingerprint density at radius 1 is 1.39 bits per heavy atom. The maximum Gasteiger partial charge on any atom is 0.433 e. The van der Waals surface area contributed by atoms with Crippen LogP contribution in [0.3, 0.4) is 0 Å². The van der Waals surface area contributed by atoms with Gasteiger partial charge >= 0.3 is 6.18 Å². The molecule has 0 bridgehead atoms. The van der Waals surface area contributed by atoms with Crippen LogP contribution in [0.4, 0.5) is 18.9 Å². The third kappa shape index (κ3) is 2.82. The van der Waals surface area contributed by atoms with Gasteiger partial charge in [0.25, 0.3) is 0 Å². The number of rotatable bonds is 2. The number of hydrogen-bond acceptors (Lipinski definition) is 3. The molecule has 0 aliphatic carbocycles. The van der Waals surface area contributed by atoms with Gasteiger partial charge in [0.1, 0.15) is 5.69 Å². The van der Waals surface area contributed by atoms with Gasteiger partial charge in [0.15, 0.2) is 0 Å². The fourth-order valence-electron chi connectivity index (χ4n) is 4.05. The molecule has 126 valence electrons. The van der Waals surface area contributed by atoms with E-state index in [4.69, 9.17) is 0 Å². The molecule has 2 fully saturated rings. The van der Waals surface area contributed by atoms with Crippen molar-refractivity contribution >= 4 is 11.6 Å². The van der Waals surface area contributed by atoms with Crippen molar-refractivity contribution in [2.75, 3.05) is 18.0 Å². The minimum atomic E-state index is -4.51. The van der Waals surface area contributed by atoms with Crippen LogP contribution in [0.5, 0.6) is 0 Å². The van der Waals surface area contributed by atoms with Crippen LogP contribution in [0.2, 0.25) is 0 Å². The Morgan fingerprint density at radius 3 is 2.70 bits per heavy atom. The molecule has 2 aliphatic heterocycles. The van der Waals surface area contributed by atoms with Crippen LogP contribution in [-0.4, -0.2) is 30.0 Å². The molecule has 3 rings (SSSR count). The SMILES string of the molecule is CCC1N(c2ccnc(C(F)(F)F)c2)C(=O)CC12CCNCC2. The van der Waals surface area contributed by atoms with E-state index in [0.29, 0.717) is 12.1 Å². The normalized spacial score (nSPS) is 24.4. The summed E-state index contributed by atoms with van der Waals surface area (Å²) >= 11 is 0. The molecule has 1 spiro atoms. The van der Waals surface area contributed by atoms with E-state index in [0.717, 1.165) is 44.6 Å². The van der Waals surface area contributed by atoms with Gasteiger partial charge in [-0.15, -0.1) is 0 Å². The third-order valence-corrected chi connectivity index (χ3v) is 5.09. The van der Waals surface area contributed by atoms with E-state index < -0.39 is 11.9 Å². The van der Waals surface area contributed by atoms with E-state index >= 15 is 0 Å². The number of carbonyl (C=O) groups excluding carboxylic acids is 1. The smallest absolute Gasteiger partial charge is 0.317 e. The maximum absolute atomic E-state index is 12.9. The Kier molecular flexibility index (Phi) is 4.08. The lowest BCUT2D eigenvalue weighted by Gasteiger charge is -2.40. The number of pyridine rings is 1. The van der Waals surface area contributed by atoms with Crippen molar-refractivity contribution in [2.24, 2.45) is 5.41 Å². The van der Waals surface area contributed by atoms with E-state index in [1.807, 2.05) is 6.92 Å². The molecule has 1 N–H and O–H groups in total. The van der Waals surface area contributed by atoms with E-state index in [1.165, 1.54) is 6.07 Å². The number of aromatic nitrogens is 1.